The van der Waals surface area contributed by atoms with Gasteiger partial charge in [0.15, 0.2) is 0 Å². The summed E-state index contributed by atoms with van der Waals surface area (Å²) < 4.78 is 0. The highest BCUT2D eigenvalue weighted by Crippen LogP contribution is 2.35. The van der Waals surface area contributed by atoms with Gasteiger partial charge in [0.25, 0.3) is 0 Å². The van der Waals surface area contributed by atoms with E-state index >= 15 is 0 Å². The van der Waals surface area contributed by atoms with Gasteiger partial charge in [0, 0.05) is 23.5 Å². The molecule has 0 spiro atoms. The summed E-state index contributed by atoms with van der Waals surface area (Å²) >= 11 is 12.5. The quantitative estimate of drug-likeness (QED) is 0.656. The normalized spacial score (nSPS) is 10.5. The van der Waals surface area contributed by atoms with Crippen molar-refractivity contribution in [2.45, 2.75) is 0 Å². The number of aromatic nitrogens is 2. The number of hydrogen-bond acceptors (Lipinski definition) is 2. The molecular weight excluding hydrogens is 291 g/mol. The van der Waals surface area contributed by atoms with Gasteiger partial charge in [-0.15, -0.1) is 0 Å². The fourth-order valence-electron chi connectivity index (χ4n) is 2.04. The van der Waals surface area contributed by atoms with Crippen molar-refractivity contribution in [3.05, 3.63) is 71.0 Å². The molecule has 0 amide bonds. The smallest absolute Gasteiger partial charge is 0.0980 e. The molecule has 0 fully saturated rings. The molecule has 0 aliphatic rings. The minimum atomic E-state index is 0.640. The highest BCUT2D eigenvalue weighted by atomic mass is 35.5. The van der Waals surface area contributed by atoms with E-state index in [2.05, 4.69) is 9.97 Å². The van der Waals surface area contributed by atoms with Gasteiger partial charge < -0.3 is 0 Å². The first-order valence-electron chi connectivity index (χ1n) is 6.08. The van der Waals surface area contributed by atoms with Gasteiger partial charge in [0.05, 0.1) is 21.4 Å². The van der Waals surface area contributed by atoms with E-state index in [0.717, 1.165) is 22.5 Å². The van der Waals surface area contributed by atoms with E-state index in [0.29, 0.717) is 10.0 Å². The van der Waals surface area contributed by atoms with Crippen molar-refractivity contribution in [3.8, 4) is 22.5 Å². The molecule has 0 saturated heterocycles. The molecule has 1 aromatic heterocycles. The lowest BCUT2D eigenvalue weighted by Gasteiger charge is -2.10. The fraction of sp³-hybridized carbons (Fsp3) is 0. The monoisotopic (exact) mass is 300 g/mol. The minimum absolute atomic E-state index is 0.640. The van der Waals surface area contributed by atoms with E-state index in [9.17, 15) is 0 Å². The first-order chi connectivity index (χ1) is 9.77. The van der Waals surface area contributed by atoms with Crippen molar-refractivity contribution in [1.82, 2.24) is 9.97 Å². The Bertz CT molecular complexity index is 692. The first kappa shape index (κ1) is 13.1. The van der Waals surface area contributed by atoms with Crippen molar-refractivity contribution in [2.75, 3.05) is 0 Å². The van der Waals surface area contributed by atoms with E-state index < -0.39 is 0 Å². The molecule has 2 aromatic carbocycles. The van der Waals surface area contributed by atoms with Crippen LogP contribution in [0.2, 0.25) is 10.0 Å². The lowest BCUT2D eigenvalue weighted by Crippen LogP contribution is -1.93. The Morgan fingerprint density at radius 1 is 0.600 bits per heavy atom. The van der Waals surface area contributed by atoms with Gasteiger partial charge in [-0.05, 0) is 12.1 Å². The Balaban J connectivity index is 2.25. The van der Waals surface area contributed by atoms with Crippen molar-refractivity contribution in [1.29, 1.82) is 0 Å². The minimum Gasteiger partial charge on any atom is -0.252 e. The average molecular weight is 301 g/mol. The van der Waals surface area contributed by atoms with Gasteiger partial charge in [-0.2, -0.15) is 0 Å². The summed E-state index contributed by atoms with van der Waals surface area (Å²) in [5, 5.41) is 1.28. The predicted octanol–water partition coefficient (Wildman–Crippen LogP) is 5.12. The maximum Gasteiger partial charge on any atom is 0.0980 e. The molecule has 0 bridgehead atoms. The SMILES string of the molecule is Clc1ccccc1-c1nccnc1-c1ccccc1Cl. The number of rotatable bonds is 2. The molecule has 3 rings (SSSR count). The standard InChI is InChI=1S/C16H10Cl2N2/c17-13-7-3-1-5-11(13)15-16(20-10-9-19-15)12-6-2-4-8-14(12)18/h1-10H. The molecule has 0 radical (unpaired) electrons. The van der Waals surface area contributed by atoms with Crippen LogP contribution in [-0.4, -0.2) is 9.97 Å². The molecule has 0 N–H and O–H groups in total. The zero-order chi connectivity index (χ0) is 13.9. The van der Waals surface area contributed by atoms with Crippen molar-refractivity contribution < 1.29 is 0 Å². The van der Waals surface area contributed by atoms with Gasteiger partial charge in [-0.25, -0.2) is 0 Å². The van der Waals surface area contributed by atoms with Crippen LogP contribution in [0.4, 0.5) is 0 Å². The second-order valence-corrected chi connectivity index (χ2v) is 5.03. The number of benzene rings is 2. The largest absolute Gasteiger partial charge is 0.252 e. The molecule has 0 unspecified atom stereocenters. The Labute approximate surface area is 127 Å². The number of hydrogen-bond donors (Lipinski definition) is 0. The summed E-state index contributed by atoms with van der Waals surface area (Å²) in [6.45, 7) is 0. The van der Waals surface area contributed by atoms with Crippen LogP contribution in [0.5, 0.6) is 0 Å². The molecule has 3 aromatic rings. The van der Waals surface area contributed by atoms with E-state index in [4.69, 9.17) is 23.2 Å². The van der Waals surface area contributed by atoms with Crippen molar-refractivity contribution in [3.63, 3.8) is 0 Å². The van der Waals surface area contributed by atoms with E-state index in [1.165, 1.54) is 0 Å². The summed E-state index contributed by atoms with van der Waals surface area (Å²) in [6.07, 6.45) is 3.30. The number of nitrogens with zero attached hydrogens (tertiary/aromatic N) is 2. The Hall–Kier alpha value is -1.90. The van der Waals surface area contributed by atoms with E-state index in [1.54, 1.807) is 12.4 Å². The van der Waals surface area contributed by atoms with Gasteiger partial charge in [0.1, 0.15) is 0 Å². The zero-order valence-corrected chi connectivity index (χ0v) is 11.9. The second-order valence-electron chi connectivity index (χ2n) is 4.21. The Morgan fingerprint density at radius 3 is 1.40 bits per heavy atom. The van der Waals surface area contributed by atoms with Gasteiger partial charge in [-0.3, -0.25) is 9.97 Å². The third kappa shape index (κ3) is 2.40. The zero-order valence-electron chi connectivity index (χ0n) is 10.4. The molecule has 98 valence electrons. The maximum atomic E-state index is 6.26. The summed E-state index contributed by atoms with van der Waals surface area (Å²) in [5.74, 6) is 0. The molecule has 4 heteroatoms. The summed E-state index contributed by atoms with van der Waals surface area (Å²) in [7, 11) is 0. The first-order valence-corrected chi connectivity index (χ1v) is 6.84. The number of halogens is 2. The molecule has 0 aliphatic heterocycles. The van der Waals surface area contributed by atoms with Crippen LogP contribution in [0, 0.1) is 0 Å². The highest BCUT2D eigenvalue weighted by Gasteiger charge is 2.14. The maximum absolute atomic E-state index is 6.26. The Kier molecular flexibility index (Phi) is 3.68. The van der Waals surface area contributed by atoms with Crippen LogP contribution in [0.1, 0.15) is 0 Å². The van der Waals surface area contributed by atoms with Crippen LogP contribution in [0.3, 0.4) is 0 Å². The fourth-order valence-corrected chi connectivity index (χ4v) is 2.49. The average Bonchev–Trinajstić information content (AvgIpc) is 2.48. The van der Waals surface area contributed by atoms with Gasteiger partial charge in [-0.1, -0.05) is 59.6 Å². The second kappa shape index (κ2) is 5.61. The van der Waals surface area contributed by atoms with Crippen LogP contribution < -0.4 is 0 Å². The van der Waals surface area contributed by atoms with Crippen molar-refractivity contribution >= 4 is 23.2 Å². The lowest BCUT2D eigenvalue weighted by molar-refractivity contribution is 1.21. The van der Waals surface area contributed by atoms with Gasteiger partial charge >= 0.3 is 0 Å². The summed E-state index contributed by atoms with van der Waals surface area (Å²) in [4.78, 5) is 8.84. The third-order valence-corrected chi connectivity index (χ3v) is 3.62. The molecule has 0 aliphatic carbocycles. The highest BCUT2D eigenvalue weighted by molar-refractivity contribution is 6.34. The van der Waals surface area contributed by atoms with Crippen LogP contribution >= 0.6 is 23.2 Å². The molecule has 1 heterocycles. The summed E-state index contributed by atoms with van der Waals surface area (Å²) in [6, 6.07) is 15.1. The predicted molar refractivity (Wildman–Crippen MR) is 82.9 cm³/mol. The van der Waals surface area contributed by atoms with E-state index in [1.807, 2.05) is 48.5 Å². The van der Waals surface area contributed by atoms with Crippen LogP contribution in [-0.2, 0) is 0 Å². The van der Waals surface area contributed by atoms with Crippen LogP contribution in [0.25, 0.3) is 22.5 Å². The summed E-state index contributed by atoms with van der Waals surface area (Å²) in [5.41, 5.74) is 3.15. The van der Waals surface area contributed by atoms with Crippen molar-refractivity contribution in [2.24, 2.45) is 0 Å². The van der Waals surface area contributed by atoms with Gasteiger partial charge in [0.2, 0.25) is 0 Å². The third-order valence-electron chi connectivity index (χ3n) is 2.96. The molecule has 2 nitrogen and oxygen atoms in total. The molecule has 20 heavy (non-hydrogen) atoms. The molecular formula is C16H10Cl2N2. The molecule has 0 saturated carbocycles. The topological polar surface area (TPSA) is 25.8 Å². The van der Waals surface area contributed by atoms with E-state index in [-0.39, 0.29) is 0 Å². The molecule has 0 atom stereocenters. The Morgan fingerprint density at radius 2 is 1.00 bits per heavy atom. The van der Waals surface area contributed by atoms with Crippen LogP contribution in [0.15, 0.2) is 60.9 Å². The lowest BCUT2D eigenvalue weighted by atomic mass is 10.0.